The number of nitrogens with zero attached hydrogens (tertiary/aromatic N) is 1. The zero-order chi connectivity index (χ0) is 21.0. The van der Waals surface area contributed by atoms with E-state index in [0.717, 1.165) is 12.0 Å². The van der Waals surface area contributed by atoms with Gasteiger partial charge in [-0.3, -0.25) is 19.3 Å². The number of carbonyl (C=O) groups excluding carboxylic acids is 3. The van der Waals surface area contributed by atoms with Crippen LogP contribution in [0.2, 0.25) is 0 Å². The van der Waals surface area contributed by atoms with E-state index in [1.54, 1.807) is 0 Å². The summed E-state index contributed by atoms with van der Waals surface area (Å²) in [6.07, 6.45) is 1.34. The molecule has 0 aromatic heterocycles. The third-order valence-corrected chi connectivity index (χ3v) is 9.82. The summed E-state index contributed by atoms with van der Waals surface area (Å²) in [5.74, 6) is -0.745. The molecule has 0 radical (unpaired) electrons. The van der Waals surface area contributed by atoms with Gasteiger partial charge in [-0.15, -0.1) is 0 Å². The maximum atomic E-state index is 13.4. The maximum absolute atomic E-state index is 13.4. The van der Waals surface area contributed by atoms with Crippen LogP contribution < -0.4 is 5.32 Å². The van der Waals surface area contributed by atoms with Crippen molar-refractivity contribution in [2.45, 2.75) is 49.3 Å². The first-order valence-corrected chi connectivity index (χ1v) is 12.1. The van der Waals surface area contributed by atoms with Crippen LogP contribution in [0.4, 0.5) is 5.69 Å². The van der Waals surface area contributed by atoms with Crippen molar-refractivity contribution >= 4 is 55.3 Å². The number of nitrogens with one attached hydrogen (secondary N) is 1. The Morgan fingerprint density at radius 2 is 1.72 bits per heavy atom. The summed E-state index contributed by atoms with van der Waals surface area (Å²) in [5.41, 5.74) is 1.72. The summed E-state index contributed by atoms with van der Waals surface area (Å²) in [4.78, 5) is 41.6. The number of hydrogen-bond donors (Lipinski definition) is 1. The topological polar surface area (TPSA) is 66.5 Å². The van der Waals surface area contributed by atoms with Crippen molar-refractivity contribution in [3.63, 3.8) is 0 Å². The van der Waals surface area contributed by atoms with Crippen molar-refractivity contribution < 1.29 is 14.4 Å². The van der Waals surface area contributed by atoms with Crippen molar-refractivity contribution in [2.75, 3.05) is 5.32 Å². The molecule has 2 bridgehead atoms. The van der Waals surface area contributed by atoms with E-state index in [1.165, 1.54) is 4.90 Å². The Hall–Kier alpha value is -1.21. The van der Waals surface area contributed by atoms with Crippen LogP contribution in [0, 0.1) is 36.5 Å². The van der Waals surface area contributed by atoms with Gasteiger partial charge in [0, 0.05) is 15.3 Å². The number of rotatable bonds is 5. The van der Waals surface area contributed by atoms with E-state index in [2.05, 4.69) is 37.2 Å². The minimum Gasteiger partial charge on any atom is -0.324 e. The Bertz CT molecular complexity index is 826. The Morgan fingerprint density at radius 1 is 1.14 bits per heavy atom. The van der Waals surface area contributed by atoms with Gasteiger partial charge in [0.1, 0.15) is 6.04 Å². The monoisotopic (exact) mass is 524 g/mol. The fraction of sp³-hybridized carbons (Fsp3) is 0.591. The van der Waals surface area contributed by atoms with Gasteiger partial charge in [-0.25, -0.2) is 0 Å². The van der Waals surface area contributed by atoms with E-state index in [-0.39, 0.29) is 57.0 Å². The molecule has 1 aliphatic heterocycles. The highest BCUT2D eigenvalue weighted by Gasteiger charge is 2.67. The molecule has 1 N–H and O–H groups in total. The van der Waals surface area contributed by atoms with Crippen LogP contribution in [0.5, 0.6) is 0 Å². The van der Waals surface area contributed by atoms with Gasteiger partial charge >= 0.3 is 0 Å². The Morgan fingerprint density at radius 3 is 2.24 bits per heavy atom. The number of halogens is 2. The quantitative estimate of drug-likeness (QED) is 0.464. The first-order chi connectivity index (χ1) is 13.7. The average Bonchev–Trinajstić information content (AvgIpc) is 3.25. The summed E-state index contributed by atoms with van der Waals surface area (Å²) >= 11 is 7.43. The molecule has 2 saturated carbocycles. The molecule has 3 amide bonds. The molecule has 1 saturated heterocycles. The van der Waals surface area contributed by atoms with Crippen molar-refractivity contribution in [3.8, 4) is 0 Å². The molecule has 2 aliphatic carbocycles. The number of amides is 3. The molecule has 3 fully saturated rings. The highest BCUT2D eigenvalue weighted by atomic mass is 79.9. The van der Waals surface area contributed by atoms with Crippen LogP contribution in [0.25, 0.3) is 0 Å². The van der Waals surface area contributed by atoms with Crippen LogP contribution in [0.15, 0.2) is 24.3 Å². The standard InChI is InChI=1S/C22H26Br2N2O3/c1-10(2)7-15(20(27)25-12-6-4-5-11(3)8-12)26-21(28)16-13-9-14(17(16)22(26)29)19(24)18(13)23/h4-6,8,10,13-19H,7,9H2,1-3H3,(H,25,27)/t13-,14-,15+,16-,17-,18-,19+/m1/s1. The first-order valence-electron chi connectivity index (χ1n) is 10.2. The normalized spacial score (nSPS) is 34.1. The third-order valence-electron chi connectivity index (χ3n) is 6.62. The van der Waals surface area contributed by atoms with Crippen molar-refractivity contribution in [1.82, 2.24) is 4.90 Å². The number of hydrogen-bond acceptors (Lipinski definition) is 3. The summed E-state index contributed by atoms with van der Waals surface area (Å²) in [5, 5.41) is 2.92. The number of benzene rings is 1. The number of alkyl halides is 2. The predicted molar refractivity (Wildman–Crippen MR) is 119 cm³/mol. The van der Waals surface area contributed by atoms with E-state index in [1.807, 2.05) is 45.0 Å². The fourth-order valence-corrected chi connectivity index (χ4v) is 7.28. The molecule has 7 atom stereocenters. The second kappa shape index (κ2) is 7.80. The molecule has 156 valence electrons. The average molecular weight is 526 g/mol. The fourth-order valence-electron chi connectivity index (χ4n) is 5.40. The molecule has 0 spiro atoms. The molecule has 4 rings (SSSR count). The SMILES string of the molecule is Cc1cccc(NC(=O)[C@H](CC(C)C)N2C(=O)[C@@H]3[C@H]4C[C@@H]([C@@H](Br)[C@H]4Br)[C@H]3C2=O)c1. The zero-order valence-electron chi connectivity index (χ0n) is 16.8. The second-order valence-corrected chi connectivity index (χ2v) is 11.2. The lowest BCUT2D eigenvalue weighted by Crippen LogP contribution is -2.49. The highest BCUT2D eigenvalue weighted by molar-refractivity contribution is 9.12. The van der Waals surface area contributed by atoms with Gasteiger partial charge in [0.25, 0.3) is 0 Å². The molecule has 1 aromatic rings. The minimum atomic E-state index is -0.775. The van der Waals surface area contributed by atoms with E-state index in [0.29, 0.717) is 12.1 Å². The summed E-state index contributed by atoms with van der Waals surface area (Å²) < 4.78 is 0. The number of aryl methyl sites for hydroxylation is 1. The Kier molecular flexibility index (Phi) is 5.66. The predicted octanol–water partition coefficient (Wildman–Crippen LogP) is 4.13. The third kappa shape index (κ3) is 3.48. The van der Waals surface area contributed by atoms with Gasteiger partial charge in [0.15, 0.2) is 0 Å². The molecule has 1 heterocycles. The summed E-state index contributed by atoms with van der Waals surface area (Å²) in [6.45, 7) is 5.97. The number of likely N-dealkylation sites (tertiary alicyclic amines) is 1. The molecule has 29 heavy (non-hydrogen) atoms. The van der Waals surface area contributed by atoms with Crippen LogP contribution in [-0.2, 0) is 14.4 Å². The van der Waals surface area contributed by atoms with Crippen LogP contribution in [-0.4, -0.2) is 38.3 Å². The second-order valence-electron chi connectivity index (χ2n) is 9.05. The first kappa shape index (κ1) is 21.0. The Balaban J connectivity index is 1.61. The maximum Gasteiger partial charge on any atom is 0.247 e. The van der Waals surface area contributed by atoms with Gasteiger partial charge in [-0.1, -0.05) is 57.8 Å². The smallest absolute Gasteiger partial charge is 0.247 e. The van der Waals surface area contributed by atoms with Crippen molar-refractivity contribution in [3.05, 3.63) is 29.8 Å². The van der Waals surface area contributed by atoms with E-state index >= 15 is 0 Å². The lowest BCUT2D eigenvalue weighted by atomic mass is 9.81. The van der Waals surface area contributed by atoms with E-state index in [4.69, 9.17) is 0 Å². The zero-order valence-corrected chi connectivity index (χ0v) is 19.9. The Labute approximate surface area is 188 Å². The van der Waals surface area contributed by atoms with Crippen molar-refractivity contribution in [1.29, 1.82) is 0 Å². The van der Waals surface area contributed by atoms with Crippen LogP contribution >= 0.6 is 31.9 Å². The van der Waals surface area contributed by atoms with Gasteiger partial charge in [0.05, 0.1) is 11.8 Å². The van der Waals surface area contributed by atoms with Crippen LogP contribution in [0.1, 0.15) is 32.3 Å². The van der Waals surface area contributed by atoms with Gasteiger partial charge in [-0.2, -0.15) is 0 Å². The number of imide groups is 1. The lowest BCUT2D eigenvalue weighted by molar-refractivity contribution is -0.147. The molecule has 1 aromatic carbocycles. The van der Waals surface area contributed by atoms with Gasteiger partial charge in [-0.05, 0) is 55.2 Å². The lowest BCUT2D eigenvalue weighted by Gasteiger charge is -2.28. The van der Waals surface area contributed by atoms with Gasteiger partial charge in [0.2, 0.25) is 17.7 Å². The highest BCUT2D eigenvalue weighted by Crippen LogP contribution is 2.60. The largest absolute Gasteiger partial charge is 0.324 e. The van der Waals surface area contributed by atoms with Crippen LogP contribution in [0.3, 0.4) is 0 Å². The molecule has 0 unspecified atom stereocenters. The van der Waals surface area contributed by atoms with Gasteiger partial charge < -0.3 is 5.32 Å². The van der Waals surface area contributed by atoms with Crippen molar-refractivity contribution in [2.24, 2.45) is 29.6 Å². The summed E-state index contributed by atoms with van der Waals surface area (Å²) in [7, 11) is 0. The number of anilines is 1. The minimum absolute atomic E-state index is 0.148. The molecular formula is C22H26Br2N2O3. The van der Waals surface area contributed by atoms with E-state index < -0.39 is 6.04 Å². The van der Waals surface area contributed by atoms with E-state index in [9.17, 15) is 14.4 Å². The molecule has 7 heteroatoms. The molecule has 5 nitrogen and oxygen atoms in total. The number of fused-ring (bicyclic) bond motifs is 5. The molecule has 3 aliphatic rings. The summed E-state index contributed by atoms with van der Waals surface area (Å²) in [6, 6.07) is 6.77. The molecular weight excluding hydrogens is 500 g/mol. The number of carbonyl (C=O) groups is 3.